The van der Waals surface area contributed by atoms with E-state index in [0.29, 0.717) is 12.4 Å². The predicted octanol–water partition coefficient (Wildman–Crippen LogP) is 8.82. The summed E-state index contributed by atoms with van der Waals surface area (Å²) in [5.74, 6) is 0.245. The number of hydrogen-bond acceptors (Lipinski definition) is 4. The Morgan fingerprint density at radius 1 is 0.758 bits per heavy atom. The van der Waals surface area contributed by atoms with Crippen molar-refractivity contribution in [3.63, 3.8) is 0 Å². The Hall–Kier alpha value is -1.91. The van der Waals surface area contributed by atoms with Gasteiger partial charge in [0.1, 0.15) is 0 Å². The smallest absolute Gasteiger partial charge is 0.502 e. The highest BCUT2D eigenvalue weighted by Crippen LogP contribution is 2.43. The molecule has 0 saturated heterocycles. The Morgan fingerprint density at radius 3 is 1.82 bits per heavy atom. The molecule has 0 fully saturated rings. The van der Waals surface area contributed by atoms with Gasteiger partial charge in [-0.15, -0.1) is 0 Å². The van der Waals surface area contributed by atoms with Gasteiger partial charge in [-0.05, 0) is 43.7 Å². The van der Waals surface area contributed by atoms with Crippen LogP contribution in [0.3, 0.4) is 0 Å². The van der Waals surface area contributed by atoms with Gasteiger partial charge in [-0.3, -0.25) is 0 Å². The summed E-state index contributed by atoms with van der Waals surface area (Å²) in [6.07, 6.45) is 17.5. The fraction of sp³-hybridized carbons (Fsp3) is 0.750. The van der Waals surface area contributed by atoms with Gasteiger partial charge in [0.2, 0.25) is 5.75 Å². The highest BCUT2D eigenvalue weighted by atomic mass is 16.7. The molecule has 1 aromatic carbocycles. The first-order valence-corrected chi connectivity index (χ1v) is 13.5. The van der Waals surface area contributed by atoms with E-state index in [1.807, 2.05) is 0 Å². The summed E-state index contributed by atoms with van der Waals surface area (Å²) in [7, 11) is 0. The van der Waals surface area contributed by atoms with Crippen molar-refractivity contribution in [3.8, 4) is 17.2 Å². The molecule has 0 aromatic heterocycles. The van der Waals surface area contributed by atoms with Crippen LogP contribution in [0.4, 0.5) is 4.79 Å². The van der Waals surface area contributed by atoms with Crippen LogP contribution in [-0.2, 0) is 12.8 Å². The number of hydrogen-bond donors (Lipinski definition) is 2. The van der Waals surface area contributed by atoms with Crippen LogP contribution >= 0.6 is 0 Å². The molecule has 33 heavy (non-hydrogen) atoms. The Kier molecular flexibility index (Phi) is 16.3. The lowest BCUT2D eigenvalue weighted by molar-refractivity contribution is 0.142. The van der Waals surface area contributed by atoms with Crippen LogP contribution in [-0.4, -0.2) is 23.0 Å². The molecule has 0 aliphatic heterocycles. The Labute approximate surface area is 201 Å². The molecule has 1 rings (SSSR count). The summed E-state index contributed by atoms with van der Waals surface area (Å²) in [4.78, 5) is 11.2. The standard InChI is InChI=1S/C28H48O5/c1-4-7-10-13-16-19-23-22-25(33-28(30)31)26(29)27(32-21-18-15-12-9-6-3)24(23)20-17-14-11-8-5-2/h22,29H,4-21H2,1-3H3,(H,30,31). The van der Waals surface area contributed by atoms with Gasteiger partial charge in [0.05, 0.1) is 6.61 Å². The Balaban J connectivity index is 3.05. The van der Waals surface area contributed by atoms with E-state index in [9.17, 15) is 9.90 Å². The lowest BCUT2D eigenvalue weighted by Gasteiger charge is -2.19. The molecule has 5 heteroatoms. The van der Waals surface area contributed by atoms with Crippen LogP contribution in [0.2, 0.25) is 0 Å². The zero-order valence-corrected chi connectivity index (χ0v) is 21.4. The molecule has 0 aliphatic rings. The zero-order valence-electron chi connectivity index (χ0n) is 21.4. The third kappa shape index (κ3) is 12.2. The Morgan fingerprint density at radius 2 is 1.27 bits per heavy atom. The van der Waals surface area contributed by atoms with E-state index in [1.165, 1.54) is 57.8 Å². The number of aromatic hydroxyl groups is 1. The van der Waals surface area contributed by atoms with Crippen LogP contribution < -0.4 is 9.47 Å². The van der Waals surface area contributed by atoms with Gasteiger partial charge < -0.3 is 19.7 Å². The maximum atomic E-state index is 11.2. The van der Waals surface area contributed by atoms with E-state index in [-0.39, 0.29) is 11.5 Å². The van der Waals surface area contributed by atoms with Gasteiger partial charge in [0.25, 0.3) is 0 Å². The molecule has 2 N–H and O–H groups in total. The number of rotatable bonds is 20. The largest absolute Gasteiger partial charge is 0.511 e. The van der Waals surface area contributed by atoms with E-state index in [1.54, 1.807) is 6.07 Å². The van der Waals surface area contributed by atoms with Crippen molar-refractivity contribution in [1.82, 2.24) is 0 Å². The molecule has 5 nitrogen and oxygen atoms in total. The van der Waals surface area contributed by atoms with Crippen molar-refractivity contribution in [2.45, 2.75) is 130 Å². The summed E-state index contributed by atoms with van der Waals surface area (Å²) in [6, 6.07) is 1.72. The van der Waals surface area contributed by atoms with E-state index in [2.05, 4.69) is 20.8 Å². The molecule has 0 saturated carbocycles. The fourth-order valence-corrected chi connectivity index (χ4v) is 4.24. The molecule has 0 amide bonds. The first-order valence-electron chi connectivity index (χ1n) is 13.5. The molecular formula is C28H48O5. The van der Waals surface area contributed by atoms with Gasteiger partial charge in [0.15, 0.2) is 11.5 Å². The molecule has 190 valence electrons. The van der Waals surface area contributed by atoms with E-state index in [4.69, 9.17) is 14.6 Å². The molecule has 0 radical (unpaired) electrons. The summed E-state index contributed by atoms with van der Waals surface area (Å²) < 4.78 is 11.0. The number of phenolic OH excluding ortho intramolecular Hbond substituents is 1. The van der Waals surface area contributed by atoms with Gasteiger partial charge in [-0.1, -0.05) is 97.8 Å². The number of unbranched alkanes of at least 4 members (excludes halogenated alkanes) is 12. The lowest BCUT2D eigenvalue weighted by Crippen LogP contribution is -2.08. The number of benzene rings is 1. The SMILES string of the molecule is CCCCCCCOc1c(O)c(OC(=O)O)cc(CCCCCCC)c1CCCCCCC. The quantitative estimate of drug-likeness (QED) is 0.114. The summed E-state index contributed by atoms with van der Waals surface area (Å²) in [5, 5.41) is 20.0. The van der Waals surface area contributed by atoms with Gasteiger partial charge >= 0.3 is 6.16 Å². The van der Waals surface area contributed by atoms with Crippen molar-refractivity contribution in [3.05, 3.63) is 17.2 Å². The molecule has 0 heterocycles. The average molecular weight is 465 g/mol. The van der Waals surface area contributed by atoms with E-state index >= 15 is 0 Å². The second kappa shape index (κ2) is 18.5. The third-order valence-corrected chi connectivity index (χ3v) is 6.19. The van der Waals surface area contributed by atoms with Crippen molar-refractivity contribution >= 4 is 6.16 Å². The second-order valence-electron chi connectivity index (χ2n) is 9.15. The van der Waals surface area contributed by atoms with Crippen molar-refractivity contribution in [2.24, 2.45) is 0 Å². The monoisotopic (exact) mass is 464 g/mol. The summed E-state index contributed by atoms with van der Waals surface area (Å²) in [6.45, 7) is 7.13. The predicted molar refractivity (Wildman–Crippen MR) is 136 cm³/mol. The number of carboxylic acid groups (broad SMARTS) is 1. The summed E-state index contributed by atoms with van der Waals surface area (Å²) in [5.41, 5.74) is 2.09. The molecule has 0 atom stereocenters. The first kappa shape index (κ1) is 29.1. The van der Waals surface area contributed by atoms with Crippen LogP contribution in [0.5, 0.6) is 17.2 Å². The third-order valence-electron chi connectivity index (χ3n) is 6.19. The number of ether oxygens (including phenoxy) is 2. The van der Waals surface area contributed by atoms with E-state index in [0.717, 1.165) is 62.5 Å². The molecule has 0 spiro atoms. The van der Waals surface area contributed by atoms with Crippen LogP contribution in [0, 0.1) is 0 Å². The number of carbonyl (C=O) groups is 1. The molecule has 0 unspecified atom stereocenters. The van der Waals surface area contributed by atoms with Crippen LogP contribution in [0.1, 0.15) is 128 Å². The topological polar surface area (TPSA) is 76.0 Å². The van der Waals surface area contributed by atoms with Gasteiger partial charge in [0, 0.05) is 5.56 Å². The minimum absolute atomic E-state index is 0.0122. The first-order chi connectivity index (χ1) is 16.0. The summed E-state index contributed by atoms with van der Waals surface area (Å²) >= 11 is 0. The molecule has 0 bridgehead atoms. The van der Waals surface area contributed by atoms with Gasteiger partial charge in [-0.2, -0.15) is 0 Å². The molecule has 1 aromatic rings. The zero-order chi connectivity index (χ0) is 24.3. The maximum Gasteiger partial charge on any atom is 0.511 e. The molecule has 0 aliphatic carbocycles. The van der Waals surface area contributed by atoms with Crippen molar-refractivity contribution in [2.75, 3.05) is 6.61 Å². The van der Waals surface area contributed by atoms with E-state index < -0.39 is 6.16 Å². The fourth-order valence-electron chi connectivity index (χ4n) is 4.24. The minimum Gasteiger partial charge on any atom is -0.502 e. The average Bonchev–Trinajstić information content (AvgIpc) is 2.79. The number of aryl methyl sites for hydroxylation is 1. The van der Waals surface area contributed by atoms with Gasteiger partial charge in [-0.25, -0.2) is 4.79 Å². The van der Waals surface area contributed by atoms with Crippen molar-refractivity contribution < 1.29 is 24.5 Å². The molecular weight excluding hydrogens is 416 g/mol. The van der Waals surface area contributed by atoms with Crippen LogP contribution in [0.15, 0.2) is 6.07 Å². The maximum absolute atomic E-state index is 11.2. The Bertz CT molecular complexity index is 656. The highest BCUT2D eigenvalue weighted by molar-refractivity contribution is 5.67. The lowest BCUT2D eigenvalue weighted by atomic mass is 9.94. The second-order valence-corrected chi connectivity index (χ2v) is 9.15. The normalized spacial score (nSPS) is 11.0. The van der Waals surface area contributed by atoms with Crippen molar-refractivity contribution in [1.29, 1.82) is 0 Å². The highest BCUT2D eigenvalue weighted by Gasteiger charge is 2.21. The number of phenols is 1. The minimum atomic E-state index is -1.42. The van der Waals surface area contributed by atoms with Crippen LogP contribution in [0.25, 0.3) is 0 Å².